The molecule has 158 valence electrons. The summed E-state index contributed by atoms with van der Waals surface area (Å²) in [6.07, 6.45) is 1.13. The first-order valence-electron chi connectivity index (χ1n) is 9.91. The number of ether oxygens (including phenoxy) is 2. The lowest BCUT2D eigenvalue weighted by atomic mass is 9.50. The van der Waals surface area contributed by atoms with E-state index in [1.165, 1.54) is 6.42 Å². The van der Waals surface area contributed by atoms with Crippen LogP contribution in [0.5, 0.6) is 0 Å². The Bertz CT molecular complexity index is 603. The molecule has 28 heavy (non-hydrogen) atoms. The van der Waals surface area contributed by atoms with Crippen molar-refractivity contribution in [1.82, 2.24) is 5.32 Å². The average molecular weight is 403 g/mol. The van der Waals surface area contributed by atoms with Crippen molar-refractivity contribution in [3.63, 3.8) is 0 Å². The highest BCUT2D eigenvalue weighted by Gasteiger charge is 2.57. The van der Waals surface area contributed by atoms with Crippen LogP contribution in [-0.4, -0.2) is 43.4 Å². The van der Waals surface area contributed by atoms with E-state index in [0.29, 0.717) is 11.8 Å². The second-order valence-corrected chi connectivity index (χ2v) is 8.67. The Balaban J connectivity index is 1.41. The highest BCUT2D eigenvalue weighted by atomic mass is 19.4. The zero-order valence-corrected chi connectivity index (χ0v) is 16.1. The van der Waals surface area contributed by atoms with E-state index >= 15 is 0 Å². The van der Waals surface area contributed by atoms with Gasteiger partial charge >= 0.3 is 18.1 Å². The highest BCUT2D eigenvalue weighted by molar-refractivity contribution is 5.93. The number of esters is 2. The molecule has 4 aliphatic carbocycles. The lowest BCUT2D eigenvalue weighted by Crippen LogP contribution is -2.58. The van der Waals surface area contributed by atoms with Crippen LogP contribution in [0.3, 0.4) is 0 Å². The van der Waals surface area contributed by atoms with Gasteiger partial charge in [-0.1, -0.05) is 6.58 Å². The molecular formula is C20H28F3NO4. The maximum atomic E-state index is 12.4. The van der Waals surface area contributed by atoms with Crippen molar-refractivity contribution in [3.8, 4) is 0 Å². The quantitative estimate of drug-likeness (QED) is 0.382. The van der Waals surface area contributed by atoms with Crippen LogP contribution >= 0.6 is 0 Å². The fourth-order valence-electron chi connectivity index (χ4n) is 5.36. The third-order valence-corrected chi connectivity index (χ3v) is 6.58. The SMILES string of the molecule is C=C(CC(=O)OC1(C)C2CC3CC(C2)CC1C3)C(=O)OCCNCC(F)(F)F. The van der Waals surface area contributed by atoms with E-state index in [0.717, 1.165) is 37.5 Å². The first-order chi connectivity index (χ1) is 13.1. The van der Waals surface area contributed by atoms with E-state index in [1.54, 1.807) is 0 Å². The monoisotopic (exact) mass is 403 g/mol. The van der Waals surface area contributed by atoms with E-state index in [-0.39, 0.29) is 25.1 Å². The van der Waals surface area contributed by atoms with Gasteiger partial charge in [-0.05, 0) is 62.7 Å². The van der Waals surface area contributed by atoms with Crippen LogP contribution in [0.4, 0.5) is 13.2 Å². The molecule has 0 aromatic heterocycles. The van der Waals surface area contributed by atoms with Crippen molar-refractivity contribution in [2.45, 2.75) is 57.2 Å². The van der Waals surface area contributed by atoms with Crippen LogP contribution in [0.25, 0.3) is 0 Å². The number of hydrogen-bond donors (Lipinski definition) is 1. The van der Waals surface area contributed by atoms with Gasteiger partial charge < -0.3 is 14.8 Å². The van der Waals surface area contributed by atoms with Crippen molar-refractivity contribution >= 4 is 11.9 Å². The first kappa shape index (κ1) is 21.1. The van der Waals surface area contributed by atoms with Gasteiger partial charge in [-0.15, -0.1) is 0 Å². The maximum absolute atomic E-state index is 12.4. The molecule has 4 aliphatic rings. The molecule has 4 rings (SSSR count). The Morgan fingerprint density at radius 1 is 1.11 bits per heavy atom. The molecule has 0 aliphatic heterocycles. The molecule has 0 aromatic carbocycles. The molecule has 0 radical (unpaired) electrons. The summed E-state index contributed by atoms with van der Waals surface area (Å²) in [5, 5.41) is 2.13. The van der Waals surface area contributed by atoms with E-state index in [1.807, 2.05) is 6.92 Å². The van der Waals surface area contributed by atoms with Crippen molar-refractivity contribution < 1.29 is 32.2 Å². The second kappa shape index (κ2) is 8.05. The summed E-state index contributed by atoms with van der Waals surface area (Å²) in [7, 11) is 0. The number of nitrogens with one attached hydrogen (secondary N) is 1. The van der Waals surface area contributed by atoms with Crippen LogP contribution in [0, 0.1) is 23.7 Å². The topological polar surface area (TPSA) is 64.6 Å². The predicted octanol–water partition coefficient (Wildman–Crippen LogP) is 3.39. The average Bonchev–Trinajstić information content (AvgIpc) is 2.57. The molecule has 0 unspecified atom stereocenters. The molecule has 5 nitrogen and oxygen atoms in total. The predicted molar refractivity (Wildman–Crippen MR) is 95.2 cm³/mol. The van der Waals surface area contributed by atoms with Crippen molar-refractivity contribution in [1.29, 1.82) is 0 Å². The maximum Gasteiger partial charge on any atom is 0.401 e. The van der Waals surface area contributed by atoms with Crippen LogP contribution < -0.4 is 5.32 Å². The molecule has 0 amide bonds. The molecule has 4 saturated carbocycles. The summed E-state index contributed by atoms with van der Waals surface area (Å²) < 4.78 is 46.8. The zero-order chi connectivity index (χ0) is 20.5. The second-order valence-electron chi connectivity index (χ2n) is 8.67. The number of hydrogen-bond acceptors (Lipinski definition) is 5. The minimum atomic E-state index is -4.31. The summed E-state index contributed by atoms with van der Waals surface area (Å²) >= 11 is 0. The molecule has 0 aromatic rings. The van der Waals surface area contributed by atoms with Crippen molar-refractivity contribution in [2.75, 3.05) is 19.7 Å². The van der Waals surface area contributed by atoms with Gasteiger partial charge in [0.25, 0.3) is 0 Å². The standard InChI is InChI=1S/C20H28F3NO4/c1-12(18(26)27-4-3-24-11-20(21,22)23)5-17(25)28-19(2)15-7-13-6-14(9-15)10-16(19)8-13/h13-16,24H,1,3-11H2,2H3. The van der Waals surface area contributed by atoms with Gasteiger partial charge in [0.1, 0.15) is 12.2 Å². The molecule has 0 atom stereocenters. The number of carbonyl (C=O) groups excluding carboxylic acids is 2. The Hall–Kier alpha value is -1.57. The van der Waals surface area contributed by atoms with Gasteiger partial charge in [0, 0.05) is 12.1 Å². The zero-order valence-electron chi connectivity index (χ0n) is 16.1. The molecule has 4 bridgehead atoms. The van der Waals surface area contributed by atoms with Crippen LogP contribution in [0.15, 0.2) is 12.2 Å². The molecule has 8 heteroatoms. The summed E-state index contributed by atoms with van der Waals surface area (Å²) in [5.74, 6) is 0.990. The summed E-state index contributed by atoms with van der Waals surface area (Å²) in [5.41, 5.74) is -0.524. The van der Waals surface area contributed by atoms with Gasteiger partial charge in [-0.3, -0.25) is 4.79 Å². The van der Waals surface area contributed by atoms with E-state index in [4.69, 9.17) is 9.47 Å². The largest absolute Gasteiger partial charge is 0.461 e. The summed E-state index contributed by atoms with van der Waals surface area (Å²) in [6.45, 7) is 4.07. The number of carbonyl (C=O) groups is 2. The molecule has 1 N–H and O–H groups in total. The third kappa shape index (κ3) is 4.88. The number of halogens is 3. The number of alkyl halides is 3. The van der Waals surface area contributed by atoms with Crippen LogP contribution in [0.2, 0.25) is 0 Å². The summed E-state index contributed by atoms with van der Waals surface area (Å²) in [6, 6.07) is 0. The lowest BCUT2D eigenvalue weighted by Gasteiger charge is -2.59. The Kier molecular flexibility index (Phi) is 6.08. The van der Waals surface area contributed by atoms with Crippen LogP contribution in [0.1, 0.15) is 45.4 Å². The lowest BCUT2D eigenvalue weighted by molar-refractivity contribution is -0.202. The van der Waals surface area contributed by atoms with Crippen molar-refractivity contribution in [2.24, 2.45) is 23.7 Å². The Labute approximate surface area is 163 Å². The normalized spacial score (nSPS) is 33.6. The van der Waals surface area contributed by atoms with E-state index in [2.05, 4.69) is 11.9 Å². The molecule has 0 heterocycles. The molecular weight excluding hydrogens is 375 g/mol. The third-order valence-electron chi connectivity index (χ3n) is 6.58. The van der Waals surface area contributed by atoms with Gasteiger partial charge in [-0.2, -0.15) is 13.2 Å². The molecule has 0 saturated heterocycles. The highest BCUT2D eigenvalue weighted by Crippen LogP contribution is 2.59. The Morgan fingerprint density at radius 2 is 1.68 bits per heavy atom. The fourth-order valence-corrected chi connectivity index (χ4v) is 5.36. The van der Waals surface area contributed by atoms with Gasteiger partial charge in [0.15, 0.2) is 0 Å². The number of rotatable bonds is 8. The fraction of sp³-hybridized carbons (Fsp3) is 0.800. The van der Waals surface area contributed by atoms with Crippen molar-refractivity contribution in [3.05, 3.63) is 12.2 Å². The minimum Gasteiger partial charge on any atom is -0.461 e. The van der Waals surface area contributed by atoms with Gasteiger partial charge in [0.05, 0.1) is 13.0 Å². The summed E-state index contributed by atoms with van der Waals surface area (Å²) in [4.78, 5) is 24.3. The smallest absolute Gasteiger partial charge is 0.401 e. The van der Waals surface area contributed by atoms with Crippen LogP contribution in [-0.2, 0) is 19.1 Å². The van der Waals surface area contributed by atoms with E-state index in [9.17, 15) is 22.8 Å². The van der Waals surface area contributed by atoms with Gasteiger partial charge in [-0.25, -0.2) is 4.79 Å². The van der Waals surface area contributed by atoms with E-state index < -0.39 is 30.3 Å². The molecule has 4 fully saturated rings. The van der Waals surface area contributed by atoms with Gasteiger partial charge in [0.2, 0.25) is 0 Å². The Morgan fingerprint density at radius 3 is 2.21 bits per heavy atom. The minimum absolute atomic E-state index is 0.0479. The first-order valence-corrected chi connectivity index (χ1v) is 9.91. The molecule has 0 spiro atoms.